The van der Waals surface area contributed by atoms with E-state index in [-0.39, 0.29) is 18.5 Å². The maximum Gasteiger partial charge on any atom is 0.355 e. The van der Waals surface area contributed by atoms with Crippen LogP contribution in [0.15, 0.2) is 57.0 Å². The summed E-state index contributed by atoms with van der Waals surface area (Å²) in [6.07, 6.45) is 4.32. The molecule has 0 aliphatic carbocycles. The standard InChI is InChI=1S/C30H36N6O4/c1-6-39-29(37)24-19(2)25-27(35-17-15-34(16-18-35)14-10-13-23-11-8-7-9-12-23)32-30(38)36(28(25)31-20(24)3)26-21(4)33-40-22(26)5/h7-13,19,31H,6,14-18H2,1-5H3/b13-10+. The first-order valence-electron chi connectivity index (χ1n) is 13.7. The number of carbonyl (C=O) groups excluding carboxylic acids is 1. The third-order valence-corrected chi connectivity index (χ3v) is 7.55. The molecule has 0 amide bonds. The fourth-order valence-electron chi connectivity index (χ4n) is 5.59. The Bertz CT molecular complexity index is 1490. The van der Waals surface area contributed by atoms with Gasteiger partial charge in [-0.15, -0.1) is 0 Å². The van der Waals surface area contributed by atoms with E-state index in [1.54, 1.807) is 20.8 Å². The number of aromatic nitrogens is 3. The Kier molecular flexibility index (Phi) is 7.88. The highest BCUT2D eigenvalue weighted by Crippen LogP contribution is 2.42. The fourth-order valence-corrected chi connectivity index (χ4v) is 5.59. The van der Waals surface area contributed by atoms with Crippen LogP contribution in [0, 0.1) is 13.8 Å². The second kappa shape index (κ2) is 11.5. The lowest BCUT2D eigenvalue weighted by Crippen LogP contribution is -2.48. The maximum atomic E-state index is 13.6. The minimum Gasteiger partial charge on any atom is -0.463 e. The Labute approximate surface area is 233 Å². The van der Waals surface area contributed by atoms with Gasteiger partial charge in [-0.25, -0.2) is 14.2 Å². The van der Waals surface area contributed by atoms with E-state index >= 15 is 0 Å². The van der Waals surface area contributed by atoms with E-state index in [0.29, 0.717) is 53.1 Å². The van der Waals surface area contributed by atoms with Crippen molar-refractivity contribution < 1.29 is 14.1 Å². The summed E-state index contributed by atoms with van der Waals surface area (Å²) in [5, 5.41) is 7.40. The molecule has 210 valence electrons. The maximum absolute atomic E-state index is 13.6. The number of carbonyl (C=O) groups is 1. The van der Waals surface area contributed by atoms with Crippen molar-refractivity contribution in [1.82, 2.24) is 19.6 Å². The molecule has 40 heavy (non-hydrogen) atoms. The molecule has 0 saturated carbocycles. The monoisotopic (exact) mass is 544 g/mol. The molecule has 10 heteroatoms. The van der Waals surface area contributed by atoms with E-state index in [0.717, 1.165) is 25.2 Å². The number of piperazine rings is 1. The molecular formula is C30H36N6O4. The average Bonchev–Trinajstić information content (AvgIpc) is 3.26. The molecule has 1 aromatic carbocycles. The van der Waals surface area contributed by atoms with Gasteiger partial charge in [-0.1, -0.05) is 54.6 Å². The van der Waals surface area contributed by atoms with Gasteiger partial charge in [0.15, 0.2) is 5.76 Å². The summed E-state index contributed by atoms with van der Waals surface area (Å²) in [7, 11) is 0. The number of aryl methyl sites for hydroxylation is 2. The van der Waals surface area contributed by atoms with Crippen LogP contribution in [-0.2, 0) is 9.53 Å². The number of anilines is 2. The van der Waals surface area contributed by atoms with E-state index in [4.69, 9.17) is 9.26 Å². The quantitative estimate of drug-likeness (QED) is 0.441. The van der Waals surface area contributed by atoms with Crippen LogP contribution < -0.4 is 15.9 Å². The van der Waals surface area contributed by atoms with Crippen molar-refractivity contribution in [2.45, 2.75) is 40.5 Å². The van der Waals surface area contributed by atoms with Crippen LogP contribution in [0.25, 0.3) is 11.8 Å². The molecule has 1 atom stereocenters. The normalized spacial score (nSPS) is 17.7. The van der Waals surface area contributed by atoms with Crippen LogP contribution in [0.1, 0.15) is 49.3 Å². The third-order valence-electron chi connectivity index (χ3n) is 7.55. The van der Waals surface area contributed by atoms with Crippen molar-refractivity contribution in [1.29, 1.82) is 0 Å². The Morgan fingerprint density at radius 3 is 2.52 bits per heavy atom. The molecule has 0 spiro atoms. The second-order valence-corrected chi connectivity index (χ2v) is 10.2. The molecule has 2 aliphatic rings. The van der Waals surface area contributed by atoms with E-state index < -0.39 is 5.69 Å². The van der Waals surface area contributed by atoms with Crippen molar-refractivity contribution in [3.63, 3.8) is 0 Å². The highest BCUT2D eigenvalue weighted by atomic mass is 16.5. The minimum absolute atomic E-state index is 0.277. The van der Waals surface area contributed by atoms with E-state index in [9.17, 15) is 9.59 Å². The third kappa shape index (κ3) is 5.19. The van der Waals surface area contributed by atoms with E-state index in [1.165, 1.54) is 10.1 Å². The Morgan fingerprint density at radius 1 is 1.15 bits per heavy atom. The van der Waals surface area contributed by atoms with Gasteiger partial charge in [-0.3, -0.25) is 4.90 Å². The molecule has 10 nitrogen and oxygen atoms in total. The highest BCUT2D eigenvalue weighted by molar-refractivity contribution is 5.94. The number of allylic oxidation sites excluding steroid dienone is 1. The second-order valence-electron chi connectivity index (χ2n) is 10.2. The molecule has 0 bridgehead atoms. The predicted octanol–water partition coefficient (Wildman–Crippen LogP) is 4.04. The Balaban J connectivity index is 1.48. The molecule has 1 saturated heterocycles. The van der Waals surface area contributed by atoms with Crippen LogP contribution in [0.5, 0.6) is 0 Å². The molecule has 1 N–H and O–H groups in total. The topological polar surface area (TPSA) is 106 Å². The smallest absolute Gasteiger partial charge is 0.355 e. The molecular weight excluding hydrogens is 508 g/mol. The molecule has 2 aromatic heterocycles. The van der Waals surface area contributed by atoms with Crippen molar-refractivity contribution in [3.8, 4) is 5.69 Å². The van der Waals surface area contributed by atoms with Gasteiger partial charge in [0.2, 0.25) is 0 Å². The summed E-state index contributed by atoms with van der Waals surface area (Å²) < 4.78 is 12.3. The zero-order valence-electron chi connectivity index (χ0n) is 23.7. The zero-order chi connectivity index (χ0) is 28.4. The number of ether oxygens (including phenoxy) is 1. The van der Waals surface area contributed by atoms with Gasteiger partial charge in [0.1, 0.15) is 23.0 Å². The van der Waals surface area contributed by atoms with Crippen molar-refractivity contribution in [2.75, 3.05) is 49.5 Å². The minimum atomic E-state index is -0.427. The number of benzene rings is 1. The summed E-state index contributed by atoms with van der Waals surface area (Å²) in [4.78, 5) is 35.7. The average molecular weight is 545 g/mol. The number of hydrogen-bond donors (Lipinski definition) is 1. The summed E-state index contributed by atoms with van der Waals surface area (Å²) in [5.41, 5.74) is 3.85. The van der Waals surface area contributed by atoms with Crippen LogP contribution >= 0.6 is 0 Å². The SMILES string of the molecule is CCOC(=O)C1=C(C)Nc2c(c(N3CCN(C/C=C/c4ccccc4)CC3)nc(=O)n2-c2c(C)noc2C)C1C. The number of nitrogens with one attached hydrogen (secondary N) is 1. The van der Waals surface area contributed by atoms with Gasteiger partial charge in [0.05, 0.1) is 12.2 Å². The zero-order valence-corrected chi connectivity index (χ0v) is 23.7. The summed E-state index contributed by atoms with van der Waals surface area (Å²) in [6, 6.07) is 10.3. The molecule has 3 aromatic rings. The molecule has 4 heterocycles. The molecule has 1 unspecified atom stereocenters. The summed E-state index contributed by atoms with van der Waals surface area (Å²) in [5.74, 6) is 0.965. The number of fused-ring (bicyclic) bond motifs is 1. The van der Waals surface area contributed by atoms with Gasteiger partial charge >= 0.3 is 11.7 Å². The van der Waals surface area contributed by atoms with Crippen LogP contribution in [0.2, 0.25) is 0 Å². The van der Waals surface area contributed by atoms with Crippen molar-refractivity contribution in [2.24, 2.45) is 0 Å². The summed E-state index contributed by atoms with van der Waals surface area (Å²) in [6.45, 7) is 13.3. The largest absolute Gasteiger partial charge is 0.463 e. The first kappa shape index (κ1) is 27.4. The lowest BCUT2D eigenvalue weighted by atomic mass is 9.88. The first-order chi connectivity index (χ1) is 19.3. The molecule has 2 aliphatic heterocycles. The number of hydrogen-bond acceptors (Lipinski definition) is 9. The Morgan fingerprint density at radius 2 is 1.88 bits per heavy atom. The first-order valence-corrected chi connectivity index (χ1v) is 13.7. The van der Waals surface area contributed by atoms with E-state index in [2.05, 4.69) is 49.5 Å². The Hall–Kier alpha value is -4.18. The fraction of sp³-hybridized carbons (Fsp3) is 0.400. The number of nitrogens with zero attached hydrogens (tertiary/aromatic N) is 5. The predicted molar refractivity (Wildman–Crippen MR) is 155 cm³/mol. The van der Waals surface area contributed by atoms with Gasteiger partial charge in [0.25, 0.3) is 0 Å². The van der Waals surface area contributed by atoms with Crippen LogP contribution in [0.3, 0.4) is 0 Å². The number of esters is 1. The van der Waals surface area contributed by atoms with Crippen molar-refractivity contribution in [3.05, 3.63) is 80.7 Å². The lowest BCUT2D eigenvalue weighted by molar-refractivity contribution is -0.138. The molecule has 5 rings (SSSR count). The lowest BCUT2D eigenvalue weighted by Gasteiger charge is -2.38. The van der Waals surface area contributed by atoms with Gasteiger partial charge in [-0.2, -0.15) is 4.98 Å². The summed E-state index contributed by atoms with van der Waals surface area (Å²) >= 11 is 0. The van der Waals surface area contributed by atoms with Gasteiger partial charge < -0.3 is 19.5 Å². The van der Waals surface area contributed by atoms with Gasteiger partial charge in [-0.05, 0) is 33.3 Å². The highest BCUT2D eigenvalue weighted by Gasteiger charge is 2.36. The molecule has 0 radical (unpaired) electrons. The van der Waals surface area contributed by atoms with Crippen LogP contribution in [-0.4, -0.2) is 64.9 Å². The molecule has 1 fully saturated rings. The van der Waals surface area contributed by atoms with Crippen LogP contribution in [0.4, 0.5) is 11.6 Å². The van der Waals surface area contributed by atoms with Crippen molar-refractivity contribution >= 4 is 23.7 Å². The van der Waals surface area contributed by atoms with Gasteiger partial charge in [0, 0.05) is 49.9 Å². The number of rotatable bonds is 7. The van der Waals surface area contributed by atoms with E-state index in [1.807, 2.05) is 32.0 Å².